The van der Waals surface area contributed by atoms with E-state index < -0.39 is 10.8 Å². The van der Waals surface area contributed by atoms with Crippen molar-refractivity contribution in [3.05, 3.63) is 10.1 Å². The number of nitro groups is 1. The SMILES string of the molecule is C#CC.CC.CC.CC.CC.CC(C)(C)C.CC(C)(F)F.COC.C[N+](=O)[O-]. The lowest BCUT2D eigenvalue weighted by Crippen LogP contribution is -1.98. The quantitative estimate of drug-likeness (QED) is 0.224. The fourth-order valence-corrected chi connectivity index (χ4v) is 0. The highest BCUT2D eigenvalue weighted by molar-refractivity contribution is 4.73. The Morgan fingerprint density at radius 2 is 0.821 bits per heavy atom. The van der Waals surface area contributed by atoms with Gasteiger partial charge >= 0.3 is 0 Å². The molecule has 180 valence electrons. The Kier molecular flexibility index (Phi) is 128. The van der Waals surface area contributed by atoms with E-state index in [1.807, 2.05) is 55.4 Å². The van der Waals surface area contributed by atoms with Crippen molar-refractivity contribution in [2.24, 2.45) is 5.41 Å². The molecule has 0 aliphatic heterocycles. The van der Waals surface area contributed by atoms with Gasteiger partial charge in [-0.2, -0.15) is 0 Å². The standard InChI is InChI=1S/C5H12.C3H6F2.C3H4.C2H6O.4C2H6.CH3NO2/c1-5(2,3)4;1-3(2,4)5;2*1-3-2;4*1-2;1-2(3)4/h1-4H3;1-2H3;1H,2H3;1-2H3;4*1-2H3;1H3. The summed E-state index contributed by atoms with van der Waals surface area (Å²) < 4.78 is 26.3. The molecule has 0 spiro atoms. The highest BCUT2D eigenvalue weighted by Crippen LogP contribution is 2.08. The maximum Gasteiger partial charge on any atom is 0.242 e. The van der Waals surface area contributed by atoms with Gasteiger partial charge in [0.1, 0.15) is 0 Å². The number of nitrogens with zero attached hydrogens (tertiary/aromatic N) is 1. The second kappa shape index (κ2) is 63.6. The normalized spacial score (nSPS) is 6.96. The van der Waals surface area contributed by atoms with Crippen LogP contribution in [0.3, 0.4) is 0 Å². The van der Waals surface area contributed by atoms with Gasteiger partial charge in [-0.25, -0.2) is 8.78 Å². The zero-order valence-electron chi connectivity index (χ0n) is 22.5. The van der Waals surface area contributed by atoms with E-state index in [0.717, 1.165) is 20.9 Å². The first kappa shape index (κ1) is 56.3. The molecular formula is C22H55F2NO3. The van der Waals surface area contributed by atoms with Crippen LogP contribution in [0.2, 0.25) is 0 Å². The van der Waals surface area contributed by atoms with Gasteiger partial charge in [-0.1, -0.05) is 83.1 Å². The molecule has 0 bridgehead atoms. The van der Waals surface area contributed by atoms with Crippen LogP contribution in [0.1, 0.15) is 104 Å². The molecule has 28 heavy (non-hydrogen) atoms. The van der Waals surface area contributed by atoms with Crippen molar-refractivity contribution in [1.82, 2.24) is 0 Å². The average molecular weight is 420 g/mol. The average Bonchev–Trinajstić information content (AvgIpc) is 2.52. The van der Waals surface area contributed by atoms with Crippen LogP contribution in [0.15, 0.2) is 0 Å². The van der Waals surface area contributed by atoms with Gasteiger partial charge in [-0.05, 0) is 26.2 Å². The van der Waals surface area contributed by atoms with Gasteiger partial charge in [0.15, 0.2) is 7.05 Å². The van der Waals surface area contributed by atoms with Gasteiger partial charge < -0.3 is 4.74 Å². The second-order valence-electron chi connectivity index (χ2n) is 5.46. The molecule has 0 N–H and O–H groups in total. The summed E-state index contributed by atoms with van der Waals surface area (Å²) in [6.07, 6.45) is 4.60. The number of hydrogen-bond acceptors (Lipinski definition) is 3. The van der Waals surface area contributed by atoms with Gasteiger partial charge in [0, 0.05) is 19.1 Å². The van der Waals surface area contributed by atoms with Crippen molar-refractivity contribution in [2.45, 2.75) is 110 Å². The molecule has 0 aromatic carbocycles. The highest BCUT2D eigenvalue weighted by Gasteiger charge is 2.08. The van der Waals surface area contributed by atoms with Crippen molar-refractivity contribution in [1.29, 1.82) is 0 Å². The molecule has 0 rings (SSSR count). The summed E-state index contributed by atoms with van der Waals surface area (Å²) in [5.41, 5.74) is 0.500. The van der Waals surface area contributed by atoms with E-state index >= 15 is 0 Å². The van der Waals surface area contributed by atoms with E-state index in [1.165, 1.54) is 0 Å². The van der Waals surface area contributed by atoms with Crippen LogP contribution in [0.5, 0.6) is 0 Å². The lowest BCUT2D eigenvalue weighted by molar-refractivity contribution is -0.445. The summed E-state index contributed by atoms with van der Waals surface area (Å²) in [5, 5.41) is 8.81. The first-order valence-corrected chi connectivity index (χ1v) is 9.80. The van der Waals surface area contributed by atoms with Crippen molar-refractivity contribution in [2.75, 3.05) is 21.3 Å². The maximum atomic E-state index is 11.0. The van der Waals surface area contributed by atoms with Crippen LogP contribution >= 0.6 is 0 Å². The minimum atomic E-state index is -2.50. The Hall–Kier alpha value is -1.22. The minimum absolute atomic E-state index is 0.500. The van der Waals surface area contributed by atoms with E-state index in [9.17, 15) is 8.78 Å². The van der Waals surface area contributed by atoms with E-state index in [1.54, 1.807) is 21.1 Å². The van der Waals surface area contributed by atoms with Crippen molar-refractivity contribution >= 4 is 0 Å². The second-order valence-corrected chi connectivity index (χ2v) is 5.46. The van der Waals surface area contributed by atoms with Crippen LogP contribution in [0.4, 0.5) is 8.78 Å². The Morgan fingerprint density at radius 3 is 0.821 bits per heavy atom. The topological polar surface area (TPSA) is 52.4 Å². The van der Waals surface area contributed by atoms with Crippen LogP contribution in [-0.2, 0) is 4.74 Å². The minimum Gasteiger partial charge on any atom is -0.388 e. The molecule has 0 atom stereocenters. The smallest absolute Gasteiger partial charge is 0.242 e. The summed E-state index contributed by atoms with van der Waals surface area (Å²) in [4.78, 5) is 8.31. The molecule has 0 amide bonds. The fourth-order valence-electron chi connectivity index (χ4n) is 0. The Morgan fingerprint density at radius 1 is 0.821 bits per heavy atom. The van der Waals surface area contributed by atoms with Crippen LogP contribution in [0, 0.1) is 27.9 Å². The van der Waals surface area contributed by atoms with Gasteiger partial charge in [-0.3, -0.25) is 10.1 Å². The molecule has 0 aromatic heterocycles. The van der Waals surface area contributed by atoms with E-state index in [0.29, 0.717) is 5.41 Å². The maximum absolute atomic E-state index is 11.0. The largest absolute Gasteiger partial charge is 0.388 e. The molecule has 0 heterocycles. The molecule has 0 saturated carbocycles. The van der Waals surface area contributed by atoms with Crippen molar-refractivity contribution < 1.29 is 18.4 Å². The van der Waals surface area contributed by atoms with E-state index in [2.05, 4.69) is 44.8 Å². The monoisotopic (exact) mass is 419 g/mol. The molecule has 0 aliphatic carbocycles. The number of ether oxygens (including phenoxy) is 1. The molecule has 6 heteroatoms. The first-order chi connectivity index (χ1) is 12.6. The van der Waals surface area contributed by atoms with Crippen LogP contribution < -0.4 is 0 Å². The zero-order valence-corrected chi connectivity index (χ0v) is 22.5. The molecule has 0 saturated heterocycles. The van der Waals surface area contributed by atoms with Crippen LogP contribution in [0.25, 0.3) is 0 Å². The van der Waals surface area contributed by atoms with Crippen LogP contribution in [-0.4, -0.2) is 32.1 Å². The van der Waals surface area contributed by atoms with Gasteiger partial charge in [0.25, 0.3) is 0 Å². The zero-order chi connectivity index (χ0) is 26.0. The number of halogens is 2. The summed E-state index contributed by atoms with van der Waals surface area (Å²) in [5.74, 6) is -0.250. The molecule has 0 fully saturated rings. The number of alkyl halides is 2. The highest BCUT2D eigenvalue weighted by atomic mass is 19.3. The predicted octanol–water partition coefficient (Wildman–Crippen LogP) is 8.61. The Bertz CT molecular complexity index is 201. The number of rotatable bonds is 0. The third-order valence-electron chi connectivity index (χ3n) is 0. The number of hydrogen-bond donors (Lipinski definition) is 0. The van der Waals surface area contributed by atoms with Crippen molar-refractivity contribution in [3.63, 3.8) is 0 Å². The number of methoxy groups -OCH3 is 1. The van der Waals surface area contributed by atoms with E-state index in [-0.39, 0.29) is 0 Å². The first-order valence-electron chi connectivity index (χ1n) is 9.80. The fraction of sp³-hybridized carbons (Fsp3) is 0.909. The molecule has 0 aromatic rings. The molecule has 4 nitrogen and oxygen atoms in total. The Labute approximate surface area is 178 Å². The lowest BCUT2D eigenvalue weighted by Gasteiger charge is -2.05. The number of terminal acetylenes is 1. The van der Waals surface area contributed by atoms with Gasteiger partial charge in [0.2, 0.25) is 5.92 Å². The predicted molar refractivity (Wildman–Crippen MR) is 127 cm³/mol. The Balaban J connectivity index is -0.0000000214. The third-order valence-corrected chi connectivity index (χ3v) is 0. The summed E-state index contributed by atoms with van der Waals surface area (Å²) >= 11 is 0. The van der Waals surface area contributed by atoms with E-state index in [4.69, 9.17) is 10.1 Å². The molecule has 0 unspecified atom stereocenters. The molecule has 0 radical (unpaired) electrons. The molecular weight excluding hydrogens is 364 g/mol. The summed E-state index contributed by atoms with van der Waals surface area (Å²) in [7, 11) is 4.14. The van der Waals surface area contributed by atoms with Crippen molar-refractivity contribution in [3.8, 4) is 12.3 Å². The van der Waals surface area contributed by atoms with Gasteiger partial charge in [0.05, 0.1) is 0 Å². The molecule has 0 aliphatic rings. The lowest BCUT2D eigenvalue weighted by atomic mass is 10.0. The summed E-state index contributed by atoms with van der Waals surface area (Å²) in [6, 6.07) is 0. The third kappa shape index (κ3) is 9410. The van der Waals surface area contributed by atoms with Gasteiger partial charge in [-0.15, -0.1) is 12.3 Å². The summed E-state index contributed by atoms with van der Waals surface area (Å²) in [6.45, 7) is 28.1.